The molecule has 0 aliphatic carbocycles. The lowest BCUT2D eigenvalue weighted by Gasteiger charge is -2.29. The molecule has 20 heavy (non-hydrogen) atoms. The van der Waals surface area contributed by atoms with Gasteiger partial charge in [-0.1, -0.05) is 44.5 Å². The van der Waals surface area contributed by atoms with Gasteiger partial charge < -0.3 is 10.4 Å². The van der Waals surface area contributed by atoms with Crippen molar-refractivity contribution in [1.82, 2.24) is 5.32 Å². The normalized spacial score (nSPS) is 13.9. The van der Waals surface area contributed by atoms with E-state index in [2.05, 4.69) is 5.32 Å². The summed E-state index contributed by atoms with van der Waals surface area (Å²) in [5.74, 6) is -0.108. The van der Waals surface area contributed by atoms with Crippen molar-refractivity contribution in [1.29, 1.82) is 0 Å². The maximum atomic E-state index is 12.3. The van der Waals surface area contributed by atoms with Gasteiger partial charge in [-0.3, -0.25) is 4.79 Å². The lowest BCUT2D eigenvalue weighted by atomic mass is 9.83. The molecule has 1 atom stereocenters. The van der Waals surface area contributed by atoms with E-state index in [4.69, 9.17) is 11.6 Å². The Bertz CT molecular complexity index is 460. The molecule has 1 amide bonds. The summed E-state index contributed by atoms with van der Waals surface area (Å²) in [6.07, 6.45) is -0.576. The molecular formula is C16H24ClNO2. The number of benzene rings is 1. The summed E-state index contributed by atoms with van der Waals surface area (Å²) in [5.41, 5.74) is -0.0236. The number of hydrogen-bond acceptors (Lipinski definition) is 2. The van der Waals surface area contributed by atoms with Crippen LogP contribution in [0.25, 0.3) is 0 Å². The van der Waals surface area contributed by atoms with Gasteiger partial charge in [0.05, 0.1) is 11.5 Å². The number of rotatable bonds is 4. The first kappa shape index (κ1) is 17.0. The Morgan fingerprint density at radius 3 is 2.15 bits per heavy atom. The van der Waals surface area contributed by atoms with E-state index < -0.39 is 11.5 Å². The maximum absolute atomic E-state index is 12.3. The molecule has 0 saturated carbocycles. The Balaban J connectivity index is 2.73. The standard InChI is InChI=1S/C16H24ClNO2/c1-15(2,3)13(19)10-18-14(20)16(4,5)11-6-8-12(17)9-7-11/h6-9,13,19H,10H2,1-5H3,(H,18,20). The van der Waals surface area contributed by atoms with Crippen molar-refractivity contribution in [3.05, 3.63) is 34.9 Å². The SMILES string of the molecule is CC(C)(C(=O)NCC(O)C(C)(C)C)c1ccc(Cl)cc1. The van der Waals surface area contributed by atoms with Crippen LogP contribution in [0.5, 0.6) is 0 Å². The molecule has 0 heterocycles. The van der Waals surface area contributed by atoms with E-state index in [0.29, 0.717) is 5.02 Å². The summed E-state index contributed by atoms with van der Waals surface area (Å²) in [6, 6.07) is 7.25. The van der Waals surface area contributed by atoms with Crippen LogP contribution in [0.1, 0.15) is 40.2 Å². The highest BCUT2D eigenvalue weighted by molar-refractivity contribution is 6.30. The summed E-state index contributed by atoms with van der Waals surface area (Å²) >= 11 is 5.86. The van der Waals surface area contributed by atoms with Crippen molar-refractivity contribution in [3.63, 3.8) is 0 Å². The van der Waals surface area contributed by atoms with Gasteiger partial charge in [-0.2, -0.15) is 0 Å². The fraction of sp³-hybridized carbons (Fsp3) is 0.562. The molecule has 0 aromatic heterocycles. The third-order valence-corrected chi connectivity index (χ3v) is 3.84. The Hall–Kier alpha value is -1.06. The summed E-state index contributed by atoms with van der Waals surface area (Å²) in [4.78, 5) is 12.3. The molecular weight excluding hydrogens is 274 g/mol. The molecule has 4 heteroatoms. The molecule has 1 aromatic carbocycles. The predicted octanol–water partition coefficient (Wildman–Crippen LogP) is 3.14. The summed E-state index contributed by atoms with van der Waals surface area (Å²) in [6.45, 7) is 9.78. The third-order valence-electron chi connectivity index (χ3n) is 3.59. The minimum atomic E-state index is -0.664. The van der Waals surface area contributed by atoms with Gasteiger partial charge in [0.2, 0.25) is 5.91 Å². The number of aliphatic hydroxyl groups is 1. The first-order chi connectivity index (χ1) is 9.05. The Labute approximate surface area is 126 Å². The van der Waals surface area contributed by atoms with Gasteiger partial charge in [0.1, 0.15) is 0 Å². The van der Waals surface area contributed by atoms with Crippen molar-refractivity contribution >= 4 is 17.5 Å². The van der Waals surface area contributed by atoms with Gasteiger partial charge in [-0.15, -0.1) is 0 Å². The third kappa shape index (κ3) is 4.22. The zero-order valence-electron chi connectivity index (χ0n) is 12.8. The van der Waals surface area contributed by atoms with Gasteiger partial charge >= 0.3 is 0 Å². The van der Waals surface area contributed by atoms with Crippen molar-refractivity contribution in [3.8, 4) is 0 Å². The summed E-state index contributed by atoms with van der Waals surface area (Å²) < 4.78 is 0. The molecule has 0 aliphatic rings. The van der Waals surface area contributed by atoms with E-state index >= 15 is 0 Å². The molecule has 1 unspecified atom stereocenters. The van der Waals surface area contributed by atoms with Crippen molar-refractivity contribution in [2.75, 3.05) is 6.54 Å². The number of carbonyl (C=O) groups excluding carboxylic acids is 1. The molecule has 0 bridgehead atoms. The zero-order chi connectivity index (χ0) is 15.6. The van der Waals surface area contributed by atoms with E-state index in [-0.39, 0.29) is 17.9 Å². The molecule has 0 spiro atoms. The summed E-state index contributed by atoms with van der Waals surface area (Å²) in [7, 11) is 0. The second-order valence-corrected chi connectivity index (χ2v) is 7.16. The molecule has 1 rings (SSSR count). The van der Waals surface area contributed by atoms with E-state index in [1.807, 2.05) is 46.8 Å². The first-order valence-corrected chi connectivity index (χ1v) is 7.15. The number of carbonyl (C=O) groups is 1. The van der Waals surface area contributed by atoms with Gasteiger partial charge in [0.15, 0.2) is 0 Å². The molecule has 2 N–H and O–H groups in total. The minimum Gasteiger partial charge on any atom is -0.391 e. The van der Waals surface area contributed by atoms with Crippen LogP contribution < -0.4 is 5.32 Å². The van der Waals surface area contributed by atoms with Crippen LogP contribution in [0.4, 0.5) is 0 Å². The van der Waals surface area contributed by atoms with E-state index in [0.717, 1.165) is 5.56 Å². The number of halogens is 1. The van der Waals surface area contributed by atoms with E-state index in [1.165, 1.54) is 0 Å². The quantitative estimate of drug-likeness (QED) is 0.897. The molecule has 0 fully saturated rings. The average molecular weight is 298 g/mol. The van der Waals surface area contributed by atoms with Crippen LogP contribution in [-0.4, -0.2) is 23.7 Å². The highest BCUT2D eigenvalue weighted by atomic mass is 35.5. The first-order valence-electron chi connectivity index (χ1n) is 6.77. The van der Waals surface area contributed by atoms with Crippen molar-refractivity contribution in [2.45, 2.75) is 46.1 Å². The van der Waals surface area contributed by atoms with Gasteiger partial charge in [0.25, 0.3) is 0 Å². The Kier molecular flexibility index (Phi) is 5.22. The molecule has 3 nitrogen and oxygen atoms in total. The van der Waals surface area contributed by atoms with Crippen LogP contribution in [0.15, 0.2) is 24.3 Å². The van der Waals surface area contributed by atoms with Crippen molar-refractivity contribution in [2.24, 2.45) is 5.41 Å². The van der Waals surface area contributed by atoms with Crippen LogP contribution in [0.3, 0.4) is 0 Å². The van der Waals surface area contributed by atoms with E-state index in [1.54, 1.807) is 12.1 Å². The van der Waals surface area contributed by atoms with Gasteiger partial charge in [0, 0.05) is 11.6 Å². The summed E-state index contributed by atoms with van der Waals surface area (Å²) in [5, 5.41) is 13.4. The lowest BCUT2D eigenvalue weighted by Crippen LogP contribution is -2.45. The number of nitrogens with one attached hydrogen (secondary N) is 1. The molecule has 1 aromatic rings. The van der Waals surface area contributed by atoms with Crippen LogP contribution >= 0.6 is 11.6 Å². The van der Waals surface area contributed by atoms with Crippen LogP contribution in [0, 0.1) is 5.41 Å². The van der Waals surface area contributed by atoms with Crippen molar-refractivity contribution < 1.29 is 9.90 Å². The average Bonchev–Trinajstić information content (AvgIpc) is 2.34. The van der Waals surface area contributed by atoms with E-state index in [9.17, 15) is 9.90 Å². The second-order valence-electron chi connectivity index (χ2n) is 6.72. The fourth-order valence-electron chi connectivity index (χ4n) is 1.71. The largest absolute Gasteiger partial charge is 0.391 e. The lowest BCUT2D eigenvalue weighted by molar-refractivity contribution is -0.126. The number of hydrogen-bond donors (Lipinski definition) is 2. The molecule has 0 radical (unpaired) electrons. The number of aliphatic hydroxyl groups excluding tert-OH is 1. The monoisotopic (exact) mass is 297 g/mol. The zero-order valence-corrected chi connectivity index (χ0v) is 13.6. The van der Waals surface area contributed by atoms with Gasteiger partial charge in [-0.25, -0.2) is 0 Å². The minimum absolute atomic E-state index is 0.108. The smallest absolute Gasteiger partial charge is 0.230 e. The number of amides is 1. The predicted molar refractivity (Wildman–Crippen MR) is 82.9 cm³/mol. The highest BCUT2D eigenvalue weighted by Gasteiger charge is 2.31. The highest BCUT2D eigenvalue weighted by Crippen LogP contribution is 2.25. The molecule has 0 saturated heterocycles. The Morgan fingerprint density at radius 1 is 1.20 bits per heavy atom. The molecule has 0 aliphatic heterocycles. The van der Waals surface area contributed by atoms with Crippen LogP contribution in [-0.2, 0) is 10.2 Å². The maximum Gasteiger partial charge on any atom is 0.230 e. The molecule has 112 valence electrons. The topological polar surface area (TPSA) is 49.3 Å². The van der Waals surface area contributed by atoms with Gasteiger partial charge in [-0.05, 0) is 37.0 Å². The second kappa shape index (κ2) is 6.15. The fourth-order valence-corrected chi connectivity index (χ4v) is 1.84. The van der Waals surface area contributed by atoms with Crippen LogP contribution in [0.2, 0.25) is 5.02 Å². The Morgan fingerprint density at radius 2 is 1.70 bits per heavy atom.